The summed E-state index contributed by atoms with van der Waals surface area (Å²) in [5, 5.41) is 33.9. The molecule has 0 spiro atoms. The van der Waals surface area contributed by atoms with Crippen molar-refractivity contribution in [1.29, 1.82) is 0 Å². The van der Waals surface area contributed by atoms with E-state index >= 15 is 0 Å². The van der Waals surface area contributed by atoms with Gasteiger partial charge in [0.05, 0.1) is 22.0 Å². The molecule has 442 valence electrons. The van der Waals surface area contributed by atoms with Gasteiger partial charge in [-0.1, -0.05) is 24.8 Å². The fraction of sp³-hybridized carbons (Fsp3) is 0.136. The highest BCUT2D eigenvalue weighted by molar-refractivity contribution is 7.94. The van der Waals surface area contributed by atoms with E-state index in [9.17, 15) is 78.7 Å². The fourth-order valence-electron chi connectivity index (χ4n) is 7.10. The monoisotopic (exact) mass is 1260 g/mol. The van der Waals surface area contributed by atoms with Crippen molar-refractivity contribution in [3.8, 4) is 0 Å². The quantitative estimate of drug-likeness (QED) is 0.0246. The van der Waals surface area contributed by atoms with Crippen molar-refractivity contribution in [3.05, 3.63) is 109 Å². The zero-order chi connectivity index (χ0) is 61.5. The van der Waals surface area contributed by atoms with Gasteiger partial charge in [0.25, 0.3) is 40.5 Å². The number of nitrogens with one attached hydrogen (secondary N) is 7. The van der Waals surface area contributed by atoms with Crippen molar-refractivity contribution < 1.29 is 78.7 Å². The Morgan fingerprint density at radius 1 is 0.595 bits per heavy atom. The molecule has 84 heavy (non-hydrogen) atoms. The molecule has 7 rings (SSSR count). The SMILES string of the molecule is C=CS(=O)(=O)CCNC(=O)Nc1cc(Nc2nc(F)nc(NCC(C)Nc3nc(F)nc(Nc4ccc(N=Nc5ccc6c(S(=O)(=O)O)cccc6c5S(=O)(=O)O)c(NC(C)=O)c4)n3)n2)ccc1N=Nc1ccc(S(=O)(=O)O)cc1S(=O)(=O)O. The van der Waals surface area contributed by atoms with E-state index in [0.29, 0.717) is 11.5 Å². The highest BCUT2D eigenvalue weighted by Crippen LogP contribution is 2.38. The van der Waals surface area contributed by atoms with Gasteiger partial charge in [-0.25, -0.2) is 13.2 Å². The number of nitrogens with zero attached hydrogens (tertiary/aromatic N) is 10. The van der Waals surface area contributed by atoms with Crippen LogP contribution in [0, 0.1) is 12.2 Å². The van der Waals surface area contributed by atoms with Gasteiger partial charge in [-0.05, 0) is 73.7 Å². The van der Waals surface area contributed by atoms with E-state index in [2.05, 4.69) is 94.2 Å². The Morgan fingerprint density at radius 3 is 1.68 bits per heavy atom. The van der Waals surface area contributed by atoms with Crippen molar-refractivity contribution >= 4 is 142 Å². The first-order valence-corrected chi connectivity index (χ1v) is 30.5. The molecule has 0 aliphatic heterocycles. The second kappa shape index (κ2) is 25.1. The van der Waals surface area contributed by atoms with Crippen LogP contribution in [0.3, 0.4) is 0 Å². The number of azo groups is 2. The summed E-state index contributed by atoms with van der Waals surface area (Å²) in [5.41, 5.74) is -1.52. The zero-order valence-corrected chi connectivity index (χ0v) is 46.6. The van der Waals surface area contributed by atoms with Crippen molar-refractivity contribution in [2.45, 2.75) is 39.5 Å². The molecule has 0 aliphatic carbocycles. The summed E-state index contributed by atoms with van der Waals surface area (Å²) in [4.78, 5) is 44.4. The number of amides is 3. The number of anilines is 8. The first-order chi connectivity index (χ1) is 39.2. The van der Waals surface area contributed by atoms with Crippen LogP contribution in [0.2, 0.25) is 0 Å². The number of aromatic nitrogens is 6. The number of halogens is 2. The van der Waals surface area contributed by atoms with Gasteiger partial charge in [0.15, 0.2) is 9.84 Å². The van der Waals surface area contributed by atoms with E-state index in [0.717, 1.165) is 43.3 Å². The summed E-state index contributed by atoms with van der Waals surface area (Å²) in [6, 6.07) is 13.3. The molecule has 0 radical (unpaired) electrons. The molecular weight excluding hydrogens is 1220 g/mol. The van der Waals surface area contributed by atoms with E-state index in [4.69, 9.17) is 0 Å². The molecule has 3 amide bonds. The Bertz CT molecular complexity index is 4450. The maximum absolute atomic E-state index is 14.9. The summed E-state index contributed by atoms with van der Waals surface area (Å²) in [6.45, 7) is 5.39. The third-order valence-electron chi connectivity index (χ3n) is 10.7. The minimum absolute atomic E-state index is 0.0204. The second-order valence-electron chi connectivity index (χ2n) is 16.9. The van der Waals surface area contributed by atoms with Crippen molar-refractivity contribution in [2.75, 3.05) is 50.7 Å². The minimum atomic E-state index is -5.18. The van der Waals surface area contributed by atoms with Gasteiger partial charge in [-0.15, -0.1) is 20.5 Å². The zero-order valence-electron chi connectivity index (χ0n) is 42.5. The molecule has 0 aliphatic rings. The number of sulfone groups is 1. The van der Waals surface area contributed by atoms with E-state index in [1.165, 1.54) is 42.5 Å². The molecule has 7 aromatic rings. The maximum Gasteiger partial charge on any atom is 0.319 e. The normalized spacial score (nSPS) is 12.7. The second-order valence-corrected chi connectivity index (χ2v) is 24.6. The third-order valence-corrected chi connectivity index (χ3v) is 15.5. The molecule has 0 fully saturated rings. The largest absolute Gasteiger partial charge is 0.352 e. The molecule has 5 aromatic carbocycles. The smallest absolute Gasteiger partial charge is 0.319 e. The minimum Gasteiger partial charge on any atom is -0.352 e. The van der Waals surface area contributed by atoms with Crippen LogP contribution in [0.1, 0.15) is 13.8 Å². The van der Waals surface area contributed by atoms with Crippen LogP contribution in [-0.4, -0.2) is 127 Å². The van der Waals surface area contributed by atoms with E-state index in [1.807, 2.05) is 0 Å². The Balaban J connectivity index is 1.06. The lowest BCUT2D eigenvalue weighted by Crippen LogP contribution is -2.32. The third kappa shape index (κ3) is 16.7. The molecule has 2 heterocycles. The van der Waals surface area contributed by atoms with Crippen LogP contribution >= 0.6 is 0 Å². The molecular formula is C44H41F2N17O16S5. The molecule has 0 saturated carbocycles. The average molecular weight is 1260 g/mol. The summed E-state index contributed by atoms with van der Waals surface area (Å²) in [6.07, 6.45) is -2.56. The number of hydrogen-bond acceptors (Lipinski definition) is 26. The van der Waals surface area contributed by atoms with Crippen LogP contribution in [0.5, 0.6) is 0 Å². The number of carbonyl (C=O) groups is 2. The number of benzene rings is 5. The Kier molecular flexibility index (Phi) is 18.6. The number of urea groups is 1. The molecule has 1 atom stereocenters. The standard InChI is InChI=1S/C44H41F2N17O16S5/c1-4-80(66,67)17-16-47-44(65)53-34-19-25(9-13-30(34)60-62-31-14-10-26(81(68,69)70)20-36(31)83(74,75)76)51-42-56-38(45)54-40(58-42)48-21-22(2)49-41-55-39(46)57-43(59-41)52-24-8-12-29(33(18-24)50-23(3)64)61-63-32-15-11-27-28(37(32)84(77,78)79)6-5-7-35(27)82(71,72)73/h4-15,18-20,22H,1,16-17,21H2,2-3H3,(H,50,64)(H2,47,53,65)(H,68,69,70)(H,71,72,73)(H,74,75,76)(H,77,78,79)(H2,48,51,54,56,58)(H2,49,52,55,57,59). The molecule has 33 nitrogen and oxygen atoms in total. The lowest BCUT2D eigenvalue weighted by Gasteiger charge is -2.16. The van der Waals surface area contributed by atoms with Gasteiger partial charge in [0.2, 0.25) is 29.7 Å². The lowest BCUT2D eigenvalue weighted by atomic mass is 10.1. The molecule has 1 unspecified atom stereocenters. The van der Waals surface area contributed by atoms with E-state index < -0.39 is 130 Å². The number of rotatable bonds is 23. The Hall–Kier alpha value is -9.29. The van der Waals surface area contributed by atoms with Gasteiger partial charge in [0, 0.05) is 53.6 Å². The topological polar surface area (TPSA) is 497 Å². The van der Waals surface area contributed by atoms with Crippen molar-refractivity contribution in [1.82, 2.24) is 35.2 Å². The van der Waals surface area contributed by atoms with Crippen LogP contribution in [0.15, 0.2) is 137 Å². The molecule has 2 aromatic heterocycles. The van der Waals surface area contributed by atoms with Gasteiger partial charge in [-0.2, -0.15) is 72.4 Å². The van der Waals surface area contributed by atoms with Gasteiger partial charge >= 0.3 is 18.2 Å². The maximum atomic E-state index is 14.9. The van der Waals surface area contributed by atoms with Crippen LogP contribution < -0.4 is 37.2 Å². The van der Waals surface area contributed by atoms with Crippen LogP contribution in [-0.2, 0) is 55.1 Å². The Morgan fingerprint density at radius 2 is 1.12 bits per heavy atom. The van der Waals surface area contributed by atoms with E-state index in [1.54, 1.807) is 6.92 Å². The van der Waals surface area contributed by atoms with Gasteiger partial charge < -0.3 is 37.2 Å². The van der Waals surface area contributed by atoms with Crippen molar-refractivity contribution in [2.24, 2.45) is 20.5 Å². The fourth-order valence-corrected chi connectivity index (χ4v) is 10.4. The van der Waals surface area contributed by atoms with Crippen LogP contribution in [0.4, 0.5) is 82.9 Å². The molecule has 0 bridgehead atoms. The molecule has 11 N–H and O–H groups in total. The predicted octanol–water partition coefficient (Wildman–Crippen LogP) is 6.34. The first kappa shape index (κ1) is 62.3. The summed E-state index contributed by atoms with van der Waals surface area (Å²) < 4.78 is 189. The lowest BCUT2D eigenvalue weighted by molar-refractivity contribution is -0.114. The summed E-state index contributed by atoms with van der Waals surface area (Å²) in [7, 11) is -23.8. The first-order valence-electron chi connectivity index (χ1n) is 23.0. The summed E-state index contributed by atoms with van der Waals surface area (Å²) >= 11 is 0. The highest BCUT2D eigenvalue weighted by Gasteiger charge is 2.25. The predicted molar refractivity (Wildman–Crippen MR) is 294 cm³/mol. The van der Waals surface area contributed by atoms with Gasteiger partial charge in [0.1, 0.15) is 37.4 Å². The van der Waals surface area contributed by atoms with E-state index in [-0.39, 0.29) is 69.3 Å². The summed E-state index contributed by atoms with van der Waals surface area (Å²) in [5.74, 6) is -2.60. The highest BCUT2D eigenvalue weighted by atomic mass is 32.2. The van der Waals surface area contributed by atoms with Gasteiger partial charge in [-0.3, -0.25) is 23.0 Å². The Labute approximate surface area is 473 Å². The van der Waals surface area contributed by atoms with Crippen molar-refractivity contribution in [3.63, 3.8) is 0 Å². The molecule has 40 heteroatoms. The molecule has 0 saturated heterocycles. The number of carbonyl (C=O) groups excluding carboxylic acids is 2. The number of hydrogen-bond donors (Lipinski definition) is 11. The van der Waals surface area contributed by atoms with Crippen LogP contribution in [0.25, 0.3) is 10.8 Å². The average Bonchev–Trinajstić information content (AvgIpc) is 1.13. The number of fused-ring (bicyclic) bond motifs is 1.